The first-order valence-electron chi connectivity index (χ1n) is 10.9. The van der Waals surface area contributed by atoms with Crippen LogP contribution in [0.15, 0.2) is 21.3 Å². The second-order valence-electron chi connectivity index (χ2n) is 9.23. The second kappa shape index (κ2) is 8.02. The van der Waals surface area contributed by atoms with Crippen LogP contribution in [-0.4, -0.2) is 54.9 Å². The summed E-state index contributed by atoms with van der Waals surface area (Å²) in [5.41, 5.74) is 2.36. The zero-order valence-electron chi connectivity index (χ0n) is 18.7. The van der Waals surface area contributed by atoms with E-state index in [9.17, 15) is 14.4 Å². The van der Waals surface area contributed by atoms with Crippen LogP contribution in [0.2, 0.25) is 0 Å². The Morgan fingerprint density at radius 1 is 1.13 bits per heavy atom. The van der Waals surface area contributed by atoms with Crippen molar-refractivity contribution in [1.82, 2.24) is 9.80 Å². The molecule has 7 heteroatoms. The van der Waals surface area contributed by atoms with Gasteiger partial charge >= 0.3 is 5.63 Å². The van der Waals surface area contributed by atoms with E-state index in [0.29, 0.717) is 43.0 Å². The predicted octanol–water partition coefficient (Wildman–Crippen LogP) is 2.96. The van der Waals surface area contributed by atoms with Crippen molar-refractivity contribution in [1.29, 1.82) is 0 Å². The van der Waals surface area contributed by atoms with Crippen molar-refractivity contribution in [2.45, 2.75) is 46.5 Å². The smallest absolute Gasteiger partial charge is 0.339 e. The predicted molar refractivity (Wildman–Crippen MR) is 117 cm³/mol. The number of carbonyl (C=O) groups is 2. The van der Waals surface area contributed by atoms with Crippen LogP contribution in [0.3, 0.4) is 0 Å². The highest BCUT2D eigenvalue weighted by atomic mass is 16.5. The first kappa shape index (κ1) is 21.4. The fourth-order valence-electron chi connectivity index (χ4n) is 5.02. The summed E-state index contributed by atoms with van der Waals surface area (Å²) in [6.07, 6.45) is 3.36. The Kier molecular flexibility index (Phi) is 5.54. The van der Waals surface area contributed by atoms with Gasteiger partial charge in [-0.15, -0.1) is 0 Å². The average Bonchev–Trinajstić information content (AvgIpc) is 2.73. The molecule has 2 aromatic rings. The highest BCUT2D eigenvalue weighted by molar-refractivity contribution is 5.88. The summed E-state index contributed by atoms with van der Waals surface area (Å²) < 4.78 is 11.4. The SMILES string of the molecule is Cc1cc(OCC(=O)N2CCCC3(CCC(=O)N(C)C3)C2)c2c(C)c(C)c(=O)oc2c1. The molecule has 0 radical (unpaired) electrons. The first-order chi connectivity index (χ1) is 14.7. The molecule has 166 valence electrons. The van der Waals surface area contributed by atoms with Crippen molar-refractivity contribution in [3.63, 3.8) is 0 Å². The van der Waals surface area contributed by atoms with Gasteiger partial charge < -0.3 is 19.0 Å². The van der Waals surface area contributed by atoms with E-state index in [2.05, 4.69) is 0 Å². The van der Waals surface area contributed by atoms with Gasteiger partial charge in [0, 0.05) is 44.1 Å². The standard InChI is InChI=1S/C24H30N2O5/c1-15-10-18(22-16(2)17(3)23(29)31-19(22)11-15)30-12-21(28)26-9-5-7-24(14-26)8-6-20(27)25(4)13-24/h10-11H,5-9,12-14H2,1-4H3. The molecule has 0 aliphatic carbocycles. The quantitative estimate of drug-likeness (QED) is 0.705. The van der Waals surface area contributed by atoms with Gasteiger partial charge in [-0.05, 0) is 63.3 Å². The molecule has 2 fully saturated rings. The number of hydrogen-bond acceptors (Lipinski definition) is 5. The van der Waals surface area contributed by atoms with Crippen molar-refractivity contribution in [2.75, 3.05) is 33.3 Å². The number of rotatable bonds is 3. The van der Waals surface area contributed by atoms with E-state index in [1.165, 1.54) is 0 Å². The third kappa shape index (κ3) is 4.05. The Morgan fingerprint density at radius 2 is 1.90 bits per heavy atom. The van der Waals surface area contributed by atoms with Crippen LogP contribution in [0.5, 0.6) is 5.75 Å². The van der Waals surface area contributed by atoms with Gasteiger partial charge in [-0.2, -0.15) is 0 Å². The van der Waals surface area contributed by atoms with Crippen LogP contribution < -0.4 is 10.4 Å². The Morgan fingerprint density at radius 3 is 2.65 bits per heavy atom. The Bertz CT molecular complexity index is 1110. The Balaban J connectivity index is 1.51. The van der Waals surface area contributed by atoms with Crippen LogP contribution in [0.1, 0.15) is 42.4 Å². The van der Waals surface area contributed by atoms with E-state index in [1.54, 1.807) is 11.8 Å². The van der Waals surface area contributed by atoms with Crippen molar-refractivity contribution < 1.29 is 18.7 Å². The van der Waals surface area contributed by atoms with Gasteiger partial charge in [0.15, 0.2) is 6.61 Å². The van der Waals surface area contributed by atoms with Crippen molar-refractivity contribution in [3.05, 3.63) is 39.2 Å². The third-order valence-corrected chi connectivity index (χ3v) is 6.89. The first-order valence-corrected chi connectivity index (χ1v) is 10.9. The molecule has 1 aromatic heterocycles. The van der Waals surface area contributed by atoms with E-state index in [1.807, 2.05) is 37.9 Å². The van der Waals surface area contributed by atoms with Gasteiger partial charge in [-0.1, -0.05) is 0 Å². The van der Waals surface area contributed by atoms with Crippen molar-refractivity contribution in [2.24, 2.45) is 5.41 Å². The summed E-state index contributed by atoms with van der Waals surface area (Å²) in [5.74, 6) is 0.684. The molecule has 7 nitrogen and oxygen atoms in total. The zero-order valence-corrected chi connectivity index (χ0v) is 18.7. The number of fused-ring (bicyclic) bond motifs is 1. The Labute approximate surface area is 181 Å². The molecule has 0 N–H and O–H groups in total. The maximum Gasteiger partial charge on any atom is 0.339 e. The normalized spacial score (nSPS) is 21.7. The fourth-order valence-corrected chi connectivity index (χ4v) is 5.02. The molecule has 2 saturated heterocycles. The Hall–Kier alpha value is -2.83. The number of nitrogens with zero attached hydrogens (tertiary/aromatic N) is 2. The average molecular weight is 427 g/mol. The summed E-state index contributed by atoms with van der Waals surface area (Å²) in [7, 11) is 1.85. The number of ether oxygens (including phenoxy) is 1. The highest BCUT2D eigenvalue weighted by Crippen LogP contribution is 2.38. The van der Waals surface area contributed by atoms with Crippen LogP contribution in [0.25, 0.3) is 11.0 Å². The number of amides is 2. The van der Waals surface area contributed by atoms with Crippen molar-refractivity contribution in [3.8, 4) is 5.75 Å². The van der Waals surface area contributed by atoms with Gasteiger partial charge in [-0.3, -0.25) is 9.59 Å². The maximum atomic E-state index is 13.0. The van der Waals surface area contributed by atoms with Gasteiger partial charge in [0.25, 0.3) is 5.91 Å². The molecule has 1 atom stereocenters. The minimum absolute atomic E-state index is 0.0102. The van der Waals surface area contributed by atoms with Gasteiger partial charge in [0.2, 0.25) is 5.91 Å². The number of likely N-dealkylation sites (tertiary alicyclic amines) is 2. The van der Waals surface area contributed by atoms with E-state index >= 15 is 0 Å². The fraction of sp³-hybridized carbons (Fsp3) is 0.542. The summed E-state index contributed by atoms with van der Waals surface area (Å²) in [4.78, 5) is 40.6. The number of benzene rings is 1. The summed E-state index contributed by atoms with van der Waals surface area (Å²) >= 11 is 0. The lowest BCUT2D eigenvalue weighted by Crippen LogP contribution is -2.54. The van der Waals surface area contributed by atoms with Crippen LogP contribution in [-0.2, 0) is 9.59 Å². The largest absolute Gasteiger partial charge is 0.483 e. The highest BCUT2D eigenvalue weighted by Gasteiger charge is 2.41. The van der Waals surface area contributed by atoms with Crippen molar-refractivity contribution >= 4 is 22.8 Å². The van der Waals surface area contributed by atoms with Crippen LogP contribution >= 0.6 is 0 Å². The minimum Gasteiger partial charge on any atom is -0.483 e. The molecular formula is C24H30N2O5. The van der Waals surface area contributed by atoms with Gasteiger partial charge in [0.05, 0.1) is 5.39 Å². The summed E-state index contributed by atoms with van der Waals surface area (Å²) in [6, 6.07) is 3.69. The lowest BCUT2D eigenvalue weighted by atomic mass is 9.73. The number of carbonyl (C=O) groups excluding carboxylic acids is 2. The van der Waals surface area contributed by atoms with E-state index in [0.717, 1.165) is 35.8 Å². The molecule has 0 saturated carbocycles. The van der Waals surface area contributed by atoms with E-state index in [-0.39, 0.29) is 29.5 Å². The molecule has 1 unspecified atom stereocenters. The second-order valence-corrected chi connectivity index (χ2v) is 9.23. The van der Waals surface area contributed by atoms with Gasteiger partial charge in [-0.25, -0.2) is 4.79 Å². The maximum absolute atomic E-state index is 13.0. The molecule has 4 rings (SSSR count). The van der Waals surface area contributed by atoms with Crippen LogP contribution in [0, 0.1) is 26.2 Å². The number of hydrogen-bond donors (Lipinski definition) is 0. The number of aryl methyl sites for hydroxylation is 2. The number of piperidine rings is 2. The molecule has 2 amide bonds. The molecule has 1 spiro atoms. The molecule has 1 aromatic carbocycles. The molecular weight excluding hydrogens is 396 g/mol. The van der Waals surface area contributed by atoms with Gasteiger partial charge in [0.1, 0.15) is 11.3 Å². The zero-order chi connectivity index (χ0) is 22.3. The third-order valence-electron chi connectivity index (χ3n) is 6.89. The summed E-state index contributed by atoms with van der Waals surface area (Å²) in [6.45, 7) is 7.51. The van der Waals surface area contributed by atoms with Crippen LogP contribution in [0.4, 0.5) is 0 Å². The van der Waals surface area contributed by atoms with E-state index < -0.39 is 0 Å². The summed E-state index contributed by atoms with van der Waals surface area (Å²) in [5, 5.41) is 0.734. The monoisotopic (exact) mass is 426 g/mol. The lowest BCUT2D eigenvalue weighted by molar-refractivity contribution is -0.142. The molecule has 0 bridgehead atoms. The van der Waals surface area contributed by atoms with E-state index in [4.69, 9.17) is 9.15 Å². The molecule has 2 aliphatic heterocycles. The molecule has 31 heavy (non-hydrogen) atoms. The molecule has 2 aliphatic rings. The minimum atomic E-state index is -0.354. The molecule has 3 heterocycles. The topological polar surface area (TPSA) is 80.1 Å². The lowest BCUT2D eigenvalue weighted by Gasteiger charge is -2.47.